The van der Waals surface area contributed by atoms with Gasteiger partial charge in [0.05, 0.1) is 33.8 Å². The van der Waals surface area contributed by atoms with Gasteiger partial charge >= 0.3 is 0 Å². The van der Waals surface area contributed by atoms with Gasteiger partial charge < -0.3 is 9.88 Å². The van der Waals surface area contributed by atoms with Gasteiger partial charge in [0.2, 0.25) is 5.91 Å². The standard InChI is InChI=1S/C27H23Cl2N5O2S2/c1-3-33-25(16(2)30-26(36)18-13-12-17(28)14-19(18)29)31-32-27(33)37-15-24(35)34-20-8-4-6-10-22(20)38-23-11-7-5-9-21(23)34/h4-14,16H,3,15H2,1-2H3,(H,30,36)/t16-/m1/s1. The first-order valence-corrected chi connectivity index (χ1v) is 14.4. The highest BCUT2D eigenvalue weighted by atomic mass is 35.5. The summed E-state index contributed by atoms with van der Waals surface area (Å²) >= 11 is 15.1. The monoisotopic (exact) mass is 583 g/mol. The maximum absolute atomic E-state index is 13.6. The number of amides is 2. The molecule has 1 N–H and O–H groups in total. The maximum Gasteiger partial charge on any atom is 0.253 e. The van der Waals surface area contributed by atoms with E-state index in [1.807, 2.05) is 66.9 Å². The zero-order chi connectivity index (χ0) is 26.8. The summed E-state index contributed by atoms with van der Waals surface area (Å²) in [5.74, 6) is 0.369. The van der Waals surface area contributed by atoms with E-state index >= 15 is 0 Å². The van der Waals surface area contributed by atoms with Crippen molar-refractivity contribution in [2.75, 3.05) is 10.7 Å². The second-order valence-corrected chi connectivity index (χ2v) is 11.3. The molecule has 38 heavy (non-hydrogen) atoms. The number of aromatic nitrogens is 3. The van der Waals surface area contributed by atoms with Crippen LogP contribution in [0.2, 0.25) is 10.0 Å². The van der Waals surface area contributed by atoms with Crippen molar-refractivity contribution < 1.29 is 9.59 Å². The number of hydrogen-bond donors (Lipinski definition) is 1. The normalized spacial score (nSPS) is 13.0. The van der Waals surface area contributed by atoms with Gasteiger partial charge in [0.1, 0.15) is 0 Å². The first-order chi connectivity index (χ1) is 18.4. The molecule has 0 saturated heterocycles. The van der Waals surface area contributed by atoms with Crippen molar-refractivity contribution >= 4 is 69.9 Å². The molecular weight excluding hydrogens is 561 g/mol. The Morgan fingerprint density at radius 2 is 1.66 bits per heavy atom. The van der Waals surface area contributed by atoms with E-state index in [1.54, 1.807) is 28.8 Å². The molecule has 1 aromatic heterocycles. The fraction of sp³-hybridized carbons (Fsp3) is 0.185. The van der Waals surface area contributed by atoms with Gasteiger partial charge in [0.25, 0.3) is 5.91 Å². The smallest absolute Gasteiger partial charge is 0.253 e. The van der Waals surface area contributed by atoms with Crippen molar-refractivity contribution in [2.24, 2.45) is 0 Å². The van der Waals surface area contributed by atoms with Crippen LogP contribution in [-0.4, -0.2) is 32.3 Å². The number of benzene rings is 3. The molecule has 2 amide bonds. The lowest BCUT2D eigenvalue weighted by molar-refractivity contribution is -0.115. The van der Waals surface area contributed by atoms with Crippen molar-refractivity contribution in [2.45, 2.75) is 41.4 Å². The summed E-state index contributed by atoms with van der Waals surface area (Å²) < 4.78 is 1.90. The number of nitrogens with one attached hydrogen (secondary N) is 1. The van der Waals surface area contributed by atoms with Gasteiger partial charge in [-0.3, -0.25) is 14.5 Å². The molecule has 0 unspecified atom stereocenters. The van der Waals surface area contributed by atoms with E-state index in [1.165, 1.54) is 17.8 Å². The van der Waals surface area contributed by atoms with Gasteiger partial charge in [0, 0.05) is 21.4 Å². The number of nitrogens with zero attached hydrogens (tertiary/aromatic N) is 4. The van der Waals surface area contributed by atoms with Crippen LogP contribution in [0.15, 0.2) is 81.7 Å². The van der Waals surface area contributed by atoms with E-state index in [4.69, 9.17) is 23.2 Å². The number of anilines is 2. The summed E-state index contributed by atoms with van der Waals surface area (Å²) in [4.78, 5) is 30.2. The Morgan fingerprint density at radius 3 is 2.29 bits per heavy atom. The van der Waals surface area contributed by atoms with Crippen LogP contribution in [0.25, 0.3) is 0 Å². The zero-order valence-electron chi connectivity index (χ0n) is 20.5. The minimum Gasteiger partial charge on any atom is -0.342 e. The predicted molar refractivity (Wildman–Crippen MR) is 153 cm³/mol. The number of para-hydroxylation sites is 2. The summed E-state index contributed by atoms with van der Waals surface area (Å²) in [7, 11) is 0. The fourth-order valence-electron chi connectivity index (χ4n) is 4.20. The summed E-state index contributed by atoms with van der Waals surface area (Å²) in [5, 5.41) is 12.9. The van der Waals surface area contributed by atoms with Gasteiger partial charge in [-0.05, 0) is 56.3 Å². The fourth-order valence-corrected chi connectivity index (χ4v) is 6.61. The third kappa shape index (κ3) is 5.29. The lowest BCUT2D eigenvalue weighted by atomic mass is 10.2. The molecule has 0 aliphatic carbocycles. The Morgan fingerprint density at radius 1 is 1.00 bits per heavy atom. The quantitative estimate of drug-likeness (QED) is 0.235. The minimum absolute atomic E-state index is 0.0545. The van der Waals surface area contributed by atoms with Crippen molar-refractivity contribution in [1.82, 2.24) is 20.1 Å². The number of fused-ring (bicyclic) bond motifs is 2. The molecule has 5 rings (SSSR count). The molecule has 0 spiro atoms. The highest BCUT2D eigenvalue weighted by Crippen LogP contribution is 2.48. The van der Waals surface area contributed by atoms with Gasteiger partial charge in [-0.1, -0.05) is 71.0 Å². The predicted octanol–water partition coefficient (Wildman–Crippen LogP) is 7.02. The highest BCUT2D eigenvalue weighted by molar-refractivity contribution is 8.00. The van der Waals surface area contributed by atoms with Gasteiger partial charge in [-0.2, -0.15) is 0 Å². The molecule has 1 aliphatic rings. The Labute approximate surface area is 238 Å². The SMILES string of the molecule is CCn1c(SCC(=O)N2c3ccccc3Sc3ccccc32)nnc1[C@@H](C)NC(=O)c1ccc(Cl)cc1Cl. The van der Waals surface area contributed by atoms with Crippen LogP contribution in [0.3, 0.4) is 0 Å². The van der Waals surface area contributed by atoms with Crippen LogP contribution in [0.1, 0.15) is 36.1 Å². The third-order valence-corrected chi connectivity index (χ3v) is 8.61. The van der Waals surface area contributed by atoms with Gasteiger partial charge in [0.15, 0.2) is 11.0 Å². The molecule has 0 fully saturated rings. The molecule has 3 aromatic carbocycles. The Hall–Kier alpha value is -2.98. The van der Waals surface area contributed by atoms with E-state index in [0.29, 0.717) is 28.1 Å². The molecule has 1 aliphatic heterocycles. The zero-order valence-corrected chi connectivity index (χ0v) is 23.7. The number of rotatable bonds is 7. The molecular formula is C27H23Cl2N5O2S2. The summed E-state index contributed by atoms with van der Waals surface area (Å²) in [6, 6.07) is 20.1. The summed E-state index contributed by atoms with van der Waals surface area (Å²) in [6.07, 6.45) is 0. The molecule has 194 valence electrons. The van der Waals surface area contributed by atoms with E-state index in [2.05, 4.69) is 15.5 Å². The molecule has 7 nitrogen and oxygen atoms in total. The van der Waals surface area contributed by atoms with Crippen LogP contribution < -0.4 is 10.2 Å². The highest BCUT2D eigenvalue weighted by Gasteiger charge is 2.28. The van der Waals surface area contributed by atoms with Gasteiger partial charge in [-0.15, -0.1) is 10.2 Å². The molecule has 2 heterocycles. The first-order valence-electron chi connectivity index (χ1n) is 11.9. The molecule has 4 aromatic rings. The Kier molecular flexibility index (Phi) is 7.99. The van der Waals surface area contributed by atoms with Crippen LogP contribution in [0.5, 0.6) is 0 Å². The number of carbonyl (C=O) groups excluding carboxylic acids is 2. The second-order valence-electron chi connectivity index (χ2n) is 8.46. The molecule has 0 saturated carbocycles. The van der Waals surface area contributed by atoms with Crippen molar-refractivity contribution in [3.05, 3.63) is 88.2 Å². The number of thioether (sulfide) groups is 1. The first kappa shape index (κ1) is 26.6. The van der Waals surface area contributed by atoms with E-state index in [0.717, 1.165) is 21.2 Å². The van der Waals surface area contributed by atoms with Crippen LogP contribution in [0.4, 0.5) is 11.4 Å². The van der Waals surface area contributed by atoms with Crippen molar-refractivity contribution in [3.63, 3.8) is 0 Å². The Balaban J connectivity index is 1.32. The molecule has 0 bridgehead atoms. The van der Waals surface area contributed by atoms with Crippen molar-refractivity contribution in [1.29, 1.82) is 0 Å². The maximum atomic E-state index is 13.6. The Bertz CT molecular complexity index is 1480. The third-order valence-electron chi connectivity index (χ3n) is 5.98. The average Bonchev–Trinajstić information content (AvgIpc) is 3.33. The minimum atomic E-state index is -0.440. The van der Waals surface area contributed by atoms with Crippen LogP contribution in [-0.2, 0) is 11.3 Å². The molecule has 1 atom stereocenters. The van der Waals surface area contributed by atoms with E-state index < -0.39 is 6.04 Å². The lowest BCUT2D eigenvalue weighted by Gasteiger charge is -2.30. The van der Waals surface area contributed by atoms with Crippen LogP contribution in [0, 0.1) is 0 Å². The van der Waals surface area contributed by atoms with Crippen LogP contribution >= 0.6 is 46.7 Å². The average molecular weight is 585 g/mol. The number of carbonyl (C=O) groups is 2. The number of halogens is 2. The molecule has 0 radical (unpaired) electrons. The summed E-state index contributed by atoms with van der Waals surface area (Å²) in [5.41, 5.74) is 2.07. The topological polar surface area (TPSA) is 80.1 Å². The van der Waals surface area contributed by atoms with Gasteiger partial charge in [-0.25, -0.2) is 0 Å². The van der Waals surface area contributed by atoms with E-state index in [-0.39, 0.29) is 22.6 Å². The summed E-state index contributed by atoms with van der Waals surface area (Å²) in [6.45, 7) is 4.38. The lowest BCUT2D eigenvalue weighted by Crippen LogP contribution is -2.30. The van der Waals surface area contributed by atoms with E-state index in [9.17, 15) is 9.59 Å². The number of hydrogen-bond acceptors (Lipinski definition) is 6. The second kappa shape index (κ2) is 11.4. The van der Waals surface area contributed by atoms with Crippen molar-refractivity contribution in [3.8, 4) is 0 Å². The molecule has 11 heteroatoms. The largest absolute Gasteiger partial charge is 0.342 e.